The molecule has 8 nitrogen and oxygen atoms in total. The number of aromatic amines is 1. The first-order chi connectivity index (χ1) is 17.6. The van der Waals surface area contributed by atoms with Gasteiger partial charge in [0.25, 0.3) is 0 Å². The van der Waals surface area contributed by atoms with Crippen LogP contribution in [0.25, 0.3) is 5.70 Å². The van der Waals surface area contributed by atoms with Gasteiger partial charge in [-0.25, -0.2) is 9.37 Å². The monoisotopic (exact) mass is 505 g/mol. The maximum atomic E-state index is 14.2. The van der Waals surface area contributed by atoms with Gasteiger partial charge < -0.3 is 32.6 Å². The highest BCUT2D eigenvalue weighted by atomic mass is 19.1. The van der Waals surface area contributed by atoms with E-state index in [0.29, 0.717) is 29.9 Å². The average Bonchev–Trinajstić information content (AvgIpc) is 3.22. The number of rotatable bonds is 9. The molecular formula is C28H36FN7O. The minimum absolute atomic E-state index is 0.156. The highest BCUT2D eigenvalue weighted by Crippen LogP contribution is 2.30. The van der Waals surface area contributed by atoms with E-state index in [1.165, 1.54) is 12.1 Å². The number of nitrogens with one attached hydrogen (secondary N) is 2. The summed E-state index contributed by atoms with van der Waals surface area (Å²) in [6.45, 7) is 7.92. The molecule has 1 atom stereocenters. The fourth-order valence-electron chi connectivity index (χ4n) is 4.18. The number of aliphatic imine (C=N–C) groups is 1. The number of amidine groups is 1. The largest absolute Gasteiger partial charge is 0.505 e. The van der Waals surface area contributed by atoms with Gasteiger partial charge in [-0.05, 0) is 55.2 Å². The number of para-hydroxylation sites is 1. The van der Waals surface area contributed by atoms with Crippen LogP contribution in [0.3, 0.4) is 0 Å². The maximum Gasteiger partial charge on any atom is 0.165 e. The maximum absolute atomic E-state index is 14.2. The van der Waals surface area contributed by atoms with Crippen molar-refractivity contribution in [1.82, 2.24) is 9.97 Å². The molecule has 9 heteroatoms. The third-order valence-corrected chi connectivity index (χ3v) is 6.41. The van der Waals surface area contributed by atoms with E-state index >= 15 is 0 Å². The molecule has 0 spiro atoms. The van der Waals surface area contributed by atoms with Crippen LogP contribution in [0.15, 0.2) is 58.7 Å². The summed E-state index contributed by atoms with van der Waals surface area (Å²) >= 11 is 0. The number of hydrogen-bond acceptors (Lipinski definition) is 6. The van der Waals surface area contributed by atoms with Gasteiger partial charge in [0.15, 0.2) is 17.4 Å². The zero-order valence-corrected chi connectivity index (χ0v) is 22.0. The van der Waals surface area contributed by atoms with Gasteiger partial charge in [0, 0.05) is 30.0 Å². The lowest BCUT2D eigenvalue weighted by molar-refractivity contribution is 0.430. The summed E-state index contributed by atoms with van der Waals surface area (Å²) in [5.41, 5.74) is 25.6. The van der Waals surface area contributed by atoms with Crippen molar-refractivity contribution in [2.24, 2.45) is 22.2 Å². The topological polar surface area (TPSA) is 151 Å². The summed E-state index contributed by atoms with van der Waals surface area (Å²) in [4.78, 5) is 12.3. The molecule has 1 unspecified atom stereocenters. The Hall–Kier alpha value is -4.27. The number of allylic oxidation sites excluding steroid dienone is 1. The van der Waals surface area contributed by atoms with Crippen molar-refractivity contribution in [2.45, 2.75) is 46.6 Å². The number of phenols is 1. The number of aromatic hydroxyl groups is 1. The molecule has 0 radical (unpaired) electrons. The summed E-state index contributed by atoms with van der Waals surface area (Å²) < 4.78 is 14.2. The van der Waals surface area contributed by atoms with Crippen molar-refractivity contribution >= 4 is 17.2 Å². The first-order valence-corrected chi connectivity index (χ1v) is 12.1. The lowest BCUT2D eigenvalue weighted by Gasteiger charge is -2.17. The molecule has 2 aromatic carbocycles. The van der Waals surface area contributed by atoms with Crippen molar-refractivity contribution < 1.29 is 9.50 Å². The zero-order chi connectivity index (χ0) is 27.3. The second-order valence-corrected chi connectivity index (χ2v) is 8.96. The van der Waals surface area contributed by atoms with Crippen LogP contribution in [0.2, 0.25) is 0 Å². The van der Waals surface area contributed by atoms with Gasteiger partial charge in [-0.3, -0.25) is 4.99 Å². The molecule has 1 aromatic heterocycles. The summed E-state index contributed by atoms with van der Waals surface area (Å²) in [6, 6.07) is 10.6. The number of hydrogen-bond donors (Lipinski definition) is 6. The van der Waals surface area contributed by atoms with Gasteiger partial charge in [-0.2, -0.15) is 0 Å². The summed E-state index contributed by atoms with van der Waals surface area (Å²) in [6.07, 6.45) is 2.38. The first kappa shape index (κ1) is 27.3. The molecule has 196 valence electrons. The fourth-order valence-corrected chi connectivity index (χ4v) is 4.18. The molecule has 0 fully saturated rings. The number of aromatic nitrogens is 2. The number of nitrogens with two attached hydrogens (primary N) is 3. The normalized spacial score (nSPS) is 13.9. The molecule has 0 aliphatic carbocycles. The standard InChI is InChI=1S/C28H36FN7O/c1-6-18-12-24(37)21(29)13-20(18)15(2)11-22(30)25(26(31)28-35-16(3)17(4)36-28)27(32)34-14-19-9-7-8-10-23(19)33-5/h7-13,15,33,37H,6,14,30-31H2,1-5H3,(H2,32,34)(H,35,36)/b22-11+,26-25?. The van der Waals surface area contributed by atoms with Crippen LogP contribution in [0.4, 0.5) is 10.1 Å². The Kier molecular flexibility index (Phi) is 8.60. The molecule has 0 bridgehead atoms. The van der Waals surface area contributed by atoms with Crippen LogP contribution in [-0.4, -0.2) is 28.0 Å². The van der Waals surface area contributed by atoms with E-state index in [4.69, 9.17) is 17.2 Å². The van der Waals surface area contributed by atoms with Gasteiger partial charge >= 0.3 is 0 Å². The molecule has 9 N–H and O–H groups in total. The van der Waals surface area contributed by atoms with E-state index < -0.39 is 5.82 Å². The highest BCUT2D eigenvalue weighted by molar-refractivity contribution is 6.06. The van der Waals surface area contributed by atoms with E-state index in [2.05, 4.69) is 20.3 Å². The molecule has 0 saturated carbocycles. The fraction of sp³-hybridized carbons (Fsp3) is 0.286. The lowest BCUT2D eigenvalue weighted by Crippen LogP contribution is -2.24. The van der Waals surface area contributed by atoms with Crippen LogP contribution in [0.1, 0.15) is 53.7 Å². The zero-order valence-electron chi connectivity index (χ0n) is 22.0. The Balaban J connectivity index is 2.10. The number of anilines is 1. The number of phenolic OH excluding ortho intramolecular Hbond substituents is 1. The molecule has 37 heavy (non-hydrogen) atoms. The Morgan fingerprint density at radius 1 is 1.19 bits per heavy atom. The van der Waals surface area contributed by atoms with Crippen molar-refractivity contribution in [3.8, 4) is 5.75 Å². The van der Waals surface area contributed by atoms with E-state index in [1.54, 1.807) is 6.08 Å². The molecular weight excluding hydrogens is 469 g/mol. The van der Waals surface area contributed by atoms with Crippen LogP contribution in [0.5, 0.6) is 5.75 Å². The predicted molar refractivity (Wildman–Crippen MR) is 149 cm³/mol. The number of H-pyrrole nitrogens is 1. The second-order valence-electron chi connectivity index (χ2n) is 8.96. The Morgan fingerprint density at radius 3 is 2.51 bits per heavy atom. The molecule has 1 heterocycles. The van der Waals surface area contributed by atoms with E-state index in [1.807, 2.05) is 59.0 Å². The summed E-state index contributed by atoms with van der Waals surface area (Å²) in [5, 5.41) is 13.0. The third kappa shape index (κ3) is 6.11. The van der Waals surface area contributed by atoms with Crippen molar-refractivity contribution in [2.75, 3.05) is 12.4 Å². The van der Waals surface area contributed by atoms with Crippen LogP contribution < -0.4 is 22.5 Å². The van der Waals surface area contributed by atoms with Crippen LogP contribution in [0, 0.1) is 19.7 Å². The van der Waals surface area contributed by atoms with E-state index in [9.17, 15) is 9.50 Å². The number of imidazole rings is 1. The van der Waals surface area contributed by atoms with Gasteiger partial charge in [0.05, 0.1) is 23.5 Å². The minimum Gasteiger partial charge on any atom is -0.505 e. The van der Waals surface area contributed by atoms with Gasteiger partial charge in [0.1, 0.15) is 5.84 Å². The highest BCUT2D eigenvalue weighted by Gasteiger charge is 2.19. The molecule has 0 saturated heterocycles. The van der Waals surface area contributed by atoms with Crippen molar-refractivity contribution in [3.05, 3.63) is 93.5 Å². The van der Waals surface area contributed by atoms with Crippen molar-refractivity contribution in [1.29, 1.82) is 0 Å². The molecule has 0 aliphatic heterocycles. The Bertz CT molecular complexity index is 1350. The SMILES string of the molecule is CCc1cc(O)c(F)cc1C(C)/C=C(/N)C(C(N)=NCc1ccccc1NC)=C(N)c1nc(C)c(C)[nH]1. The van der Waals surface area contributed by atoms with Gasteiger partial charge in [-0.15, -0.1) is 0 Å². The number of halogens is 1. The third-order valence-electron chi connectivity index (χ3n) is 6.41. The quantitative estimate of drug-likeness (QED) is 0.144. The molecule has 0 amide bonds. The minimum atomic E-state index is -0.688. The predicted octanol–water partition coefficient (Wildman–Crippen LogP) is 4.35. The number of aryl methyl sites for hydroxylation is 3. The molecule has 3 aromatic rings. The summed E-state index contributed by atoms with van der Waals surface area (Å²) in [7, 11) is 1.84. The molecule has 3 rings (SSSR count). The smallest absolute Gasteiger partial charge is 0.165 e. The van der Waals surface area contributed by atoms with Gasteiger partial charge in [0.2, 0.25) is 0 Å². The van der Waals surface area contributed by atoms with E-state index in [0.717, 1.165) is 28.2 Å². The van der Waals surface area contributed by atoms with Gasteiger partial charge in [-0.1, -0.05) is 38.1 Å². The first-order valence-electron chi connectivity index (χ1n) is 12.1. The number of benzene rings is 2. The lowest BCUT2D eigenvalue weighted by atomic mass is 9.92. The van der Waals surface area contributed by atoms with Crippen LogP contribution in [-0.2, 0) is 13.0 Å². The Morgan fingerprint density at radius 2 is 1.89 bits per heavy atom. The molecule has 0 aliphatic rings. The second kappa shape index (κ2) is 11.6. The Labute approximate surface area is 217 Å². The number of nitrogens with zero attached hydrogens (tertiary/aromatic N) is 2. The van der Waals surface area contributed by atoms with E-state index in [-0.39, 0.29) is 28.9 Å². The summed E-state index contributed by atoms with van der Waals surface area (Å²) in [5.74, 6) is -0.773. The van der Waals surface area contributed by atoms with Crippen molar-refractivity contribution in [3.63, 3.8) is 0 Å². The van der Waals surface area contributed by atoms with Crippen LogP contribution >= 0.6 is 0 Å². The average molecular weight is 506 g/mol.